The number of aliphatic hydroxyl groups excluding tert-OH is 1. The molecule has 0 fully saturated rings. The molecule has 0 amide bonds. The monoisotopic (exact) mass is 380 g/mol. The fourth-order valence-electron chi connectivity index (χ4n) is 4.66. The SMILES string of the molecule is CS(=O)(=O)c1ccc2c(c1)C(O)C(C1c3ccccc3-c3cncn31)CC2. The van der Waals surface area contributed by atoms with Gasteiger partial charge in [0.1, 0.15) is 0 Å². The molecule has 3 unspecified atom stereocenters. The number of imidazole rings is 1. The van der Waals surface area contributed by atoms with E-state index in [1.54, 1.807) is 12.1 Å². The Labute approximate surface area is 158 Å². The largest absolute Gasteiger partial charge is 0.388 e. The molecule has 0 saturated carbocycles. The predicted molar refractivity (Wildman–Crippen MR) is 102 cm³/mol. The van der Waals surface area contributed by atoms with Gasteiger partial charge in [0, 0.05) is 17.7 Å². The Morgan fingerprint density at radius 1 is 1.15 bits per heavy atom. The van der Waals surface area contributed by atoms with Crippen LogP contribution in [0.15, 0.2) is 59.9 Å². The Balaban J connectivity index is 1.61. The van der Waals surface area contributed by atoms with Crippen molar-refractivity contribution >= 4 is 9.84 Å². The van der Waals surface area contributed by atoms with Crippen LogP contribution in [0.25, 0.3) is 11.3 Å². The fourth-order valence-corrected chi connectivity index (χ4v) is 5.31. The molecule has 2 aromatic carbocycles. The van der Waals surface area contributed by atoms with Crippen LogP contribution in [0, 0.1) is 5.92 Å². The summed E-state index contributed by atoms with van der Waals surface area (Å²) in [6, 6.07) is 13.4. The maximum absolute atomic E-state index is 12.0. The molecule has 5 nitrogen and oxygen atoms in total. The number of sulfone groups is 1. The highest BCUT2D eigenvalue weighted by Crippen LogP contribution is 2.49. The zero-order valence-corrected chi connectivity index (χ0v) is 15.7. The molecule has 2 heterocycles. The van der Waals surface area contributed by atoms with Crippen LogP contribution in [0.2, 0.25) is 0 Å². The van der Waals surface area contributed by atoms with Crippen molar-refractivity contribution in [3.05, 3.63) is 71.7 Å². The maximum Gasteiger partial charge on any atom is 0.175 e. The smallest absolute Gasteiger partial charge is 0.175 e. The highest BCUT2D eigenvalue weighted by atomic mass is 32.2. The highest BCUT2D eigenvalue weighted by molar-refractivity contribution is 7.90. The van der Waals surface area contributed by atoms with Gasteiger partial charge in [-0.15, -0.1) is 0 Å². The first-order valence-electron chi connectivity index (χ1n) is 9.07. The minimum atomic E-state index is -3.31. The quantitative estimate of drug-likeness (QED) is 0.741. The summed E-state index contributed by atoms with van der Waals surface area (Å²) in [6.45, 7) is 0. The minimum absolute atomic E-state index is 0.00346. The van der Waals surface area contributed by atoms with Crippen molar-refractivity contribution in [3.63, 3.8) is 0 Å². The number of hydrogen-bond donors (Lipinski definition) is 1. The molecule has 5 rings (SSSR count). The molecular weight excluding hydrogens is 360 g/mol. The minimum Gasteiger partial charge on any atom is -0.388 e. The van der Waals surface area contributed by atoms with Crippen molar-refractivity contribution in [3.8, 4) is 11.3 Å². The summed E-state index contributed by atoms with van der Waals surface area (Å²) in [6.07, 6.45) is 5.83. The summed E-state index contributed by atoms with van der Waals surface area (Å²) in [7, 11) is -3.31. The first-order chi connectivity index (χ1) is 12.9. The zero-order valence-electron chi connectivity index (χ0n) is 14.9. The van der Waals surface area contributed by atoms with E-state index in [0.717, 1.165) is 35.2 Å². The Morgan fingerprint density at radius 3 is 2.78 bits per heavy atom. The standard InChI is InChI=1S/C21H20N2O3S/c1-27(25,26)14-8-6-13-7-9-17(21(24)18(13)10-14)20-16-5-3-2-4-15(16)19-11-22-12-23(19)20/h2-6,8,10-12,17,20-21,24H,7,9H2,1H3. The number of aromatic nitrogens is 2. The second kappa shape index (κ2) is 5.78. The van der Waals surface area contributed by atoms with E-state index in [4.69, 9.17) is 0 Å². The van der Waals surface area contributed by atoms with E-state index in [1.807, 2.05) is 30.7 Å². The molecular formula is C21H20N2O3S. The molecule has 0 spiro atoms. The summed E-state index contributed by atoms with van der Waals surface area (Å²) in [4.78, 5) is 4.57. The van der Waals surface area contributed by atoms with Crippen LogP contribution in [0.1, 0.15) is 35.3 Å². The number of aliphatic hydroxyl groups is 1. The third-order valence-electron chi connectivity index (χ3n) is 5.94. The molecule has 1 aliphatic heterocycles. The van der Waals surface area contributed by atoms with E-state index in [9.17, 15) is 13.5 Å². The van der Waals surface area contributed by atoms with Crippen LogP contribution in [-0.4, -0.2) is 29.3 Å². The number of aryl methyl sites for hydroxylation is 1. The van der Waals surface area contributed by atoms with Crippen molar-refractivity contribution in [2.45, 2.75) is 29.9 Å². The average Bonchev–Trinajstić information content (AvgIpc) is 3.23. The van der Waals surface area contributed by atoms with Gasteiger partial charge in [0.15, 0.2) is 9.84 Å². The van der Waals surface area contributed by atoms with Crippen molar-refractivity contribution in [2.24, 2.45) is 5.92 Å². The van der Waals surface area contributed by atoms with E-state index in [0.29, 0.717) is 0 Å². The summed E-state index contributed by atoms with van der Waals surface area (Å²) in [5.74, 6) is -0.0380. The Bertz CT molecular complexity index is 1150. The average molecular weight is 380 g/mol. The summed E-state index contributed by atoms with van der Waals surface area (Å²) < 4.78 is 26.1. The molecule has 0 saturated heterocycles. The van der Waals surface area contributed by atoms with E-state index in [-0.39, 0.29) is 16.9 Å². The normalized spacial score (nSPS) is 23.6. The van der Waals surface area contributed by atoms with E-state index < -0.39 is 15.9 Å². The Hall–Kier alpha value is -2.44. The lowest BCUT2D eigenvalue weighted by Crippen LogP contribution is -2.28. The van der Waals surface area contributed by atoms with Crippen LogP contribution < -0.4 is 0 Å². The van der Waals surface area contributed by atoms with E-state index >= 15 is 0 Å². The van der Waals surface area contributed by atoms with Crippen LogP contribution >= 0.6 is 0 Å². The molecule has 6 heteroatoms. The van der Waals surface area contributed by atoms with Gasteiger partial charge >= 0.3 is 0 Å². The maximum atomic E-state index is 12.0. The lowest BCUT2D eigenvalue weighted by atomic mass is 9.76. The van der Waals surface area contributed by atoms with Gasteiger partial charge < -0.3 is 9.67 Å². The molecule has 2 aliphatic rings. The van der Waals surface area contributed by atoms with Crippen LogP contribution in [-0.2, 0) is 16.3 Å². The van der Waals surface area contributed by atoms with Crippen molar-refractivity contribution in [1.82, 2.24) is 9.55 Å². The topological polar surface area (TPSA) is 72.2 Å². The molecule has 1 aliphatic carbocycles. The number of benzene rings is 2. The van der Waals surface area contributed by atoms with Crippen LogP contribution in [0.3, 0.4) is 0 Å². The molecule has 0 radical (unpaired) electrons. The highest BCUT2D eigenvalue weighted by Gasteiger charge is 2.40. The summed E-state index contributed by atoms with van der Waals surface area (Å²) in [5, 5.41) is 11.2. The second-order valence-electron chi connectivity index (χ2n) is 7.50. The molecule has 0 bridgehead atoms. The van der Waals surface area contributed by atoms with Crippen molar-refractivity contribution in [1.29, 1.82) is 0 Å². The summed E-state index contributed by atoms with van der Waals surface area (Å²) >= 11 is 0. The molecule has 138 valence electrons. The van der Waals surface area contributed by atoms with Gasteiger partial charge in [-0.3, -0.25) is 0 Å². The van der Waals surface area contributed by atoms with Gasteiger partial charge in [-0.25, -0.2) is 13.4 Å². The van der Waals surface area contributed by atoms with E-state index in [2.05, 4.69) is 21.7 Å². The Kier molecular flexibility index (Phi) is 3.58. The van der Waals surface area contributed by atoms with Gasteiger partial charge in [0.25, 0.3) is 0 Å². The third kappa shape index (κ3) is 2.47. The molecule has 3 atom stereocenters. The van der Waals surface area contributed by atoms with Gasteiger partial charge in [-0.2, -0.15) is 0 Å². The van der Waals surface area contributed by atoms with E-state index in [1.165, 1.54) is 11.8 Å². The molecule has 1 aromatic heterocycles. The number of hydrogen-bond acceptors (Lipinski definition) is 4. The first-order valence-corrected chi connectivity index (χ1v) is 11.0. The molecule has 3 aromatic rings. The summed E-state index contributed by atoms with van der Waals surface area (Å²) in [5.41, 5.74) is 5.19. The number of nitrogens with zero attached hydrogens (tertiary/aromatic N) is 2. The number of rotatable bonds is 2. The van der Waals surface area contributed by atoms with Gasteiger partial charge in [-0.1, -0.05) is 30.3 Å². The zero-order chi connectivity index (χ0) is 18.8. The predicted octanol–water partition coefficient (Wildman–Crippen LogP) is 3.15. The third-order valence-corrected chi connectivity index (χ3v) is 7.05. The number of fused-ring (bicyclic) bond motifs is 4. The fraction of sp³-hybridized carbons (Fsp3) is 0.286. The van der Waals surface area contributed by atoms with Gasteiger partial charge in [0.05, 0.1) is 35.3 Å². The van der Waals surface area contributed by atoms with Gasteiger partial charge in [-0.05, 0) is 41.7 Å². The Morgan fingerprint density at radius 2 is 1.96 bits per heavy atom. The second-order valence-corrected chi connectivity index (χ2v) is 9.51. The van der Waals surface area contributed by atoms with Crippen molar-refractivity contribution < 1.29 is 13.5 Å². The first kappa shape index (κ1) is 16.7. The van der Waals surface area contributed by atoms with Crippen molar-refractivity contribution in [2.75, 3.05) is 6.26 Å². The van der Waals surface area contributed by atoms with Gasteiger partial charge in [0.2, 0.25) is 0 Å². The lowest BCUT2D eigenvalue weighted by Gasteiger charge is -2.35. The lowest BCUT2D eigenvalue weighted by molar-refractivity contribution is 0.0718. The molecule has 1 N–H and O–H groups in total. The van der Waals surface area contributed by atoms with Crippen LogP contribution in [0.4, 0.5) is 0 Å². The van der Waals surface area contributed by atoms with Crippen LogP contribution in [0.5, 0.6) is 0 Å². The molecule has 27 heavy (non-hydrogen) atoms.